The molecule has 0 aromatic heterocycles. The SMILES string of the molecule is CO/N=C(\C)C1=NNC(=O)N(N)C1. The highest BCUT2D eigenvalue weighted by atomic mass is 16.6. The van der Waals surface area contributed by atoms with E-state index in [1.165, 1.54) is 7.11 Å². The van der Waals surface area contributed by atoms with Crippen molar-refractivity contribution in [1.82, 2.24) is 10.4 Å². The monoisotopic (exact) mass is 185 g/mol. The smallest absolute Gasteiger partial charge is 0.352 e. The summed E-state index contributed by atoms with van der Waals surface area (Å²) >= 11 is 0. The Morgan fingerprint density at radius 1 is 1.85 bits per heavy atom. The maximum Gasteiger partial charge on any atom is 0.352 e. The summed E-state index contributed by atoms with van der Waals surface area (Å²) in [4.78, 5) is 15.4. The summed E-state index contributed by atoms with van der Waals surface area (Å²) in [6.45, 7) is 1.94. The average molecular weight is 185 g/mol. The molecule has 0 bridgehead atoms. The predicted octanol–water partition coefficient (Wildman–Crippen LogP) is -0.736. The molecule has 0 saturated carbocycles. The Morgan fingerprint density at radius 2 is 2.54 bits per heavy atom. The van der Waals surface area contributed by atoms with Crippen LogP contribution < -0.4 is 11.3 Å². The quantitative estimate of drug-likeness (QED) is 0.257. The molecule has 0 aliphatic carbocycles. The summed E-state index contributed by atoms with van der Waals surface area (Å²) in [5.74, 6) is 5.35. The van der Waals surface area contributed by atoms with E-state index in [1.54, 1.807) is 6.92 Å². The summed E-state index contributed by atoms with van der Waals surface area (Å²) in [7, 11) is 1.44. The number of rotatable bonds is 2. The van der Waals surface area contributed by atoms with Crippen LogP contribution in [0.2, 0.25) is 0 Å². The van der Waals surface area contributed by atoms with Gasteiger partial charge in [-0.3, -0.25) is 5.01 Å². The molecular formula is C6H11N5O2. The molecule has 0 fully saturated rings. The number of nitrogens with zero attached hydrogens (tertiary/aromatic N) is 3. The van der Waals surface area contributed by atoms with E-state index in [9.17, 15) is 4.79 Å². The predicted molar refractivity (Wildman–Crippen MR) is 47.0 cm³/mol. The third kappa shape index (κ3) is 2.15. The maximum absolute atomic E-state index is 10.8. The summed E-state index contributed by atoms with van der Waals surface area (Å²) in [5.41, 5.74) is 3.39. The number of carbonyl (C=O) groups is 1. The van der Waals surface area contributed by atoms with Crippen molar-refractivity contribution in [2.45, 2.75) is 6.92 Å². The van der Waals surface area contributed by atoms with E-state index >= 15 is 0 Å². The van der Waals surface area contributed by atoms with Gasteiger partial charge in [0.2, 0.25) is 0 Å². The van der Waals surface area contributed by atoms with E-state index in [0.717, 1.165) is 5.01 Å². The van der Waals surface area contributed by atoms with E-state index in [0.29, 0.717) is 11.4 Å². The van der Waals surface area contributed by atoms with Gasteiger partial charge < -0.3 is 4.84 Å². The molecule has 3 N–H and O–H groups in total. The van der Waals surface area contributed by atoms with Gasteiger partial charge >= 0.3 is 6.03 Å². The summed E-state index contributed by atoms with van der Waals surface area (Å²) in [5, 5.41) is 8.44. The van der Waals surface area contributed by atoms with Gasteiger partial charge in [-0.2, -0.15) is 5.10 Å². The van der Waals surface area contributed by atoms with Crippen molar-refractivity contribution in [3.05, 3.63) is 0 Å². The number of urea groups is 1. The molecule has 7 heteroatoms. The van der Waals surface area contributed by atoms with Crippen LogP contribution in [0.3, 0.4) is 0 Å². The van der Waals surface area contributed by atoms with E-state index < -0.39 is 6.03 Å². The van der Waals surface area contributed by atoms with Gasteiger partial charge in [0.25, 0.3) is 0 Å². The third-order valence-electron chi connectivity index (χ3n) is 1.51. The Labute approximate surface area is 75.2 Å². The third-order valence-corrected chi connectivity index (χ3v) is 1.51. The lowest BCUT2D eigenvalue weighted by atomic mass is 10.2. The summed E-state index contributed by atoms with van der Waals surface area (Å²) in [6, 6.07) is -0.436. The van der Waals surface area contributed by atoms with Crippen LogP contribution in [-0.4, -0.2) is 36.1 Å². The summed E-state index contributed by atoms with van der Waals surface area (Å²) in [6.07, 6.45) is 0. The normalized spacial score (nSPS) is 18.1. The molecule has 7 nitrogen and oxygen atoms in total. The molecule has 0 unspecified atom stereocenters. The van der Waals surface area contributed by atoms with Crippen LogP contribution in [0.4, 0.5) is 4.79 Å². The van der Waals surface area contributed by atoms with Crippen LogP contribution >= 0.6 is 0 Å². The number of hydrazone groups is 1. The molecule has 0 atom stereocenters. The largest absolute Gasteiger partial charge is 0.399 e. The van der Waals surface area contributed by atoms with Gasteiger partial charge in [0.15, 0.2) is 0 Å². The molecule has 13 heavy (non-hydrogen) atoms. The number of hydrogen-bond donors (Lipinski definition) is 2. The Bertz CT molecular complexity index is 272. The second kappa shape index (κ2) is 3.85. The van der Waals surface area contributed by atoms with Crippen LogP contribution in [0.1, 0.15) is 6.92 Å². The Morgan fingerprint density at radius 3 is 3.08 bits per heavy atom. The molecule has 0 spiro atoms. The molecule has 1 rings (SSSR count). The molecule has 0 saturated heterocycles. The first-order valence-corrected chi connectivity index (χ1v) is 3.62. The number of hydrogen-bond acceptors (Lipinski definition) is 5. The average Bonchev–Trinajstić information content (AvgIpc) is 2.10. The minimum atomic E-state index is -0.436. The zero-order valence-electron chi connectivity index (χ0n) is 7.44. The van der Waals surface area contributed by atoms with Crippen molar-refractivity contribution in [1.29, 1.82) is 0 Å². The number of oxime groups is 1. The minimum absolute atomic E-state index is 0.227. The highest BCUT2D eigenvalue weighted by molar-refractivity contribution is 6.42. The second-order valence-electron chi connectivity index (χ2n) is 2.46. The molecule has 0 radical (unpaired) electrons. The molecule has 2 amide bonds. The fraction of sp³-hybridized carbons (Fsp3) is 0.500. The number of nitrogens with one attached hydrogen (secondary N) is 1. The van der Waals surface area contributed by atoms with Crippen molar-refractivity contribution < 1.29 is 9.63 Å². The van der Waals surface area contributed by atoms with Gasteiger partial charge in [-0.15, -0.1) is 0 Å². The van der Waals surface area contributed by atoms with E-state index in [2.05, 4.69) is 20.5 Å². The van der Waals surface area contributed by atoms with Crippen molar-refractivity contribution in [2.24, 2.45) is 16.1 Å². The van der Waals surface area contributed by atoms with E-state index in [-0.39, 0.29) is 6.54 Å². The van der Waals surface area contributed by atoms with Crippen LogP contribution in [0.25, 0.3) is 0 Å². The van der Waals surface area contributed by atoms with Crippen LogP contribution in [0.5, 0.6) is 0 Å². The van der Waals surface area contributed by atoms with Gasteiger partial charge in [0, 0.05) is 0 Å². The van der Waals surface area contributed by atoms with Gasteiger partial charge in [-0.25, -0.2) is 16.1 Å². The number of amides is 2. The highest BCUT2D eigenvalue weighted by Gasteiger charge is 2.19. The molecule has 1 aliphatic heterocycles. The molecule has 0 aromatic carbocycles. The second-order valence-corrected chi connectivity index (χ2v) is 2.46. The topological polar surface area (TPSA) is 92.3 Å². The lowest BCUT2D eigenvalue weighted by Gasteiger charge is -2.21. The lowest BCUT2D eigenvalue weighted by Crippen LogP contribution is -2.51. The number of hydrazine groups is 1. The standard InChI is InChI=1S/C6H11N5O2/c1-4(10-13-2)5-3-11(7)6(12)9-8-5/h3,7H2,1-2H3,(H,9,12)/b10-4+. The van der Waals surface area contributed by atoms with Crippen LogP contribution in [0, 0.1) is 0 Å². The van der Waals surface area contributed by atoms with Crippen molar-refractivity contribution in [2.75, 3.05) is 13.7 Å². The fourth-order valence-corrected chi connectivity index (χ4v) is 0.833. The lowest BCUT2D eigenvalue weighted by molar-refractivity contribution is 0.202. The Hall–Kier alpha value is -1.63. The Balaban J connectivity index is 2.73. The van der Waals surface area contributed by atoms with Crippen molar-refractivity contribution >= 4 is 17.5 Å². The van der Waals surface area contributed by atoms with Crippen molar-refractivity contribution in [3.8, 4) is 0 Å². The van der Waals surface area contributed by atoms with Crippen LogP contribution in [0.15, 0.2) is 10.3 Å². The minimum Gasteiger partial charge on any atom is -0.399 e. The number of nitrogens with two attached hydrogens (primary N) is 1. The first kappa shape index (κ1) is 9.46. The number of carbonyl (C=O) groups excluding carboxylic acids is 1. The first-order chi connectivity index (χ1) is 6.15. The van der Waals surface area contributed by atoms with Crippen molar-refractivity contribution in [3.63, 3.8) is 0 Å². The molecule has 72 valence electrons. The van der Waals surface area contributed by atoms with Gasteiger partial charge in [-0.05, 0) is 6.92 Å². The molecule has 1 heterocycles. The first-order valence-electron chi connectivity index (χ1n) is 3.62. The Kier molecular flexibility index (Phi) is 2.80. The summed E-state index contributed by atoms with van der Waals surface area (Å²) < 4.78 is 0. The van der Waals surface area contributed by atoms with E-state index in [1.807, 2.05) is 0 Å². The molecular weight excluding hydrogens is 174 g/mol. The fourth-order valence-electron chi connectivity index (χ4n) is 0.833. The van der Waals surface area contributed by atoms with Gasteiger partial charge in [0.05, 0.1) is 6.54 Å². The highest BCUT2D eigenvalue weighted by Crippen LogP contribution is 1.94. The zero-order chi connectivity index (χ0) is 9.84. The van der Waals surface area contributed by atoms with Gasteiger partial charge in [0.1, 0.15) is 18.5 Å². The maximum atomic E-state index is 10.8. The molecule has 0 aromatic rings. The van der Waals surface area contributed by atoms with E-state index in [4.69, 9.17) is 5.84 Å². The molecule has 1 aliphatic rings. The zero-order valence-corrected chi connectivity index (χ0v) is 7.44. The van der Waals surface area contributed by atoms with Gasteiger partial charge in [-0.1, -0.05) is 5.16 Å². The van der Waals surface area contributed by atoms with Crippen LogP contribution in [-0.2, 0) is 4.84 Å².